The van der Waals surface area contributed by atoms with Crippen LogP contribution in [0, 0.1) is 17.8 Å². The normalized spacial score (nSPS) is 27.1. The quantitative estimate of drug-likeness (QED) is 0.161. The molecule has 2 saturated carbocycles. The zero-order valence-electron chi connectivity index (χ0n) is 38.7. The van der Waals surface area contributed by atoms with Crippen molar-refractivity contribution < 1.29 is 55.3 Å². The summed E-state index contributed by atoms with van der Waals surface area (Å²) in [5.74, 6) is -3.77. The predicted molar refractivity (Wildman–Crippen MR) is 242 cm³/mol. The number of carbonyl (C=O) groups excluding carboxylic acids is 3. The monoisotopic (exact) mass is 952 g/mol. The average Bonchev–Trinajstić information content (AvgIpc) is 4.13. The fourth-order valence-corrected chi connectivity index (χ4v) is 10.5. The SMILES string of the molecule is CC(C)Oc1ccc(-c2cc(O[C@@H]3C[C@H]4C(=O)N[C@]5(C(=O)NS(=O)(=O)C6(C)CC6)C[C@H]5/C=C\CC[C@H](C)C[C@@H](C)[C@H](N(C(=O)O)C(C)(C)C(F)(F)F)C(=O)N4C3)cc(-c3ccncc3)n2)cc1. The molecule has 0 unspecified atom stereocenters. The highest BCUT2D eigenvalue weighted by molar-refractivity contribution is 7.91. The highest BCUT2D eigenvalue weighted by atomic mass is 32.2. The highest BCUT2D eigenvalue weighted by Gasteiger charge is 2.64. The van der Waals surface area contributed by atoms with Crippen LogP contribution in [0.1, 0.15) is 93.4 Å². The number of fused-ring (bicyclic) bond motifs is 2. The minimum absolute atomic E-state index is 0.0395. The van der Waals surface area contributed by atoms with Gasteiger partial charge >= 0.3 is 12.3 Å². The number of ether oxygens (including phenoxy) is 2. The van der Waals surface area contributed by atoms with Crippen molar-refractivity contribution in [1.29, 1.82) is 0 Å². The summed E-state index contributed by atoms with van der Waals surface area (Å²) < 4.78 is 84.8. The van der Waals surface area contributed by atoms with E-state index in [1.807, 2.05) is 39.0 Å². The van der Waals surface area contributed by atoms with E-state index < -0.39 is 85.9 Å². The number of alkyl halides is 3. The van der Waals surface area contributed by atoms with Crippen LogP contribution in [-0.4, -0.2) is 110 Å². The minimum atomic E-state index is -5.11. The van der Waals surface area contributed by atoms with Gasteiger partial charge in [-0.3, -0.25) is 29.0 Å². The van der Waals surface area contributed by atoms with Crippen LogP contribution in [-0.2, 0) is 24.4 Å². The Balaban J connectivity index is 1.30. The van der Waals surface area contributed by atoms with Gasteiger partial charge in [-0.1, -0.05) is 26.0 Å². The summed E-state index contributed by atoms with van der Waals surface area (Å²) in [7, 11) is -4.15. The number of allylic oxidation sites excluding steroid dienone is 1. The van der Waals surface area contributed by atoms with E-state index in [1.165, 1.54) is 13.8 Å². The lowest BCUT2D eigenvalue weighted by Gasteiger charge is -2.45. The number of benzene rings is 1. The molecule has 67 heavy (non-hydrogen) atoms. The topological polar surface area (TPSA) is 197 Å². The standard InChI is InChI=1S/C48H59F3N6O9S/c1-28(2)65-34-14-12-31(13-15-34)37-23-35(24-38(53-37)32-16-20-52-21-17-32)66-36-25-39-41(58)54-47(43(60)55-67(63,64)46(7)18-19-46)26-33(47)11-9-8-10-29(3)22-30(4)40(42(59)56(39)27-36)57(44(61)62)45(5,6)48(49,50)51/h9,11-17,20-21,23-24,28-30,33,36,39-40H,8,10,18-19,22,25-27H2,1-7H3,(H,54,58)(H,55,60)(H,61,62)/b11-9-/t29-,30+,33+,36+,39-,40-,47+/m0/s1. The molecular weight excluding hydrogens is 894 g/mol. The number of halogens is 3. The fraction of sp³-hybridized carbons (Fsp3) is 0.542. The smallest absolute Gasteiger partial charge is 0.411 e. The van der Waals surface area contributed by atoms with Gasteiger partial charge in [-0.15, -0.1) is 0 Å². The van der Waals surface area contributed by atoms with E-state index in [0.29, 0.717) is 67.8 Å². The van der Waals surface area contributed by atoms with E-state index in [-0.39, 0.29) is 48.5 Å². The lowest BCUT2D eigenvalue weighted by Crippen LogP contribution is -2.66. The van der Waals surface area contributed by atoms with Gasteiger partial charge in [-0.05, 0) is 121 Å². The Morgan fingerprint density at radius 1 is 0.985 bits per heavy atom. The van der Waals surface area contributed by atoms with E-state index >= 15 is 4.79 Å². The maximum absolute atomic E-state index is 15.2. The molecule has 4 amide bonds. The van der Waals surface area contributed by atoms with Crippen molar-refractivity contribution in [2.45, 2.75) is 140 Å². The van der Waals surface area contributed by atoms with Gasteiger partial charge in [0.15, 0.2) is 0 Å². The number of carboxylic acid groups (broad SMARTS) is 1. The van der Waals surface area contributed by atoms with Crippen LogP contribution < -0.4 is 19.5 Å². The lowest BCUT2D eigenvalue weighted by molar-refractivity contribution is -0.222. The molecule has 19 heteroatoms. The Morgan fingerprint density at radius 3 is 2.19 bits per heavy atom. The summed E-state index contributed by atoms with van der Waals surface area (Å²) >= 11 is 0. The van der Waals surface area contributed by atoms with Crippen LogP contribution >= 0.6 is 0 Å². The van der Waals surface area contributed by atoms with Gasteiger partial charge in [-0.25, -0.2) is 18.2 Å². The number of aromatic nitrogens is 2. The van der Waals surface area contributed by atoms with Crippen molar-refractivity contribution in [3.8, 4) is 34.0 Å². The first kappa shape index (κ1) is 49.2. The maximum Gasteiger partial charge on any atom is 0.411 e. The molecule has 0 bridgehead atoms. The zero-order chi connectivity index (χ0) is 48.9. The Hall–Kier alpha value is -5.72. The molecule has 7 atom stereocenters. The number of nitrogens with one attached hydrogen (secondary N) is 2. The van der Waals surface area contributed by atoms with Gasteiger partial charge in [-0.2, -0.15) is 13.2 Å². The van der Waals surface area contributed by atoms with E-state index in [2.05, 4.69) is 15.0 Å². The summed E-state index contributed by atoms with van der Waals surface area (Å²) in [4.78, 5) is 67.5. The summed E-state index contributed by atoms with van der Waals surface area (Å²) in [5, 5.41) is 13.4. The third-order valence-corrected chi connectivity index (χ3v) is 15.7. The first-order valence-corrected chi connectivity index (χ1v) is 24.2. The summed E-state index contributed by atoms with van der Waals surface area (Å²) in [6.45, 7) is 9.75. The Labute approximate surface area is 388 Å². The molecule has 15 nitrogen and oxygen atoms in total. The second-order valence-corrected chi connectivity index (χ2v) is 21.8. The number of sulfonamides is 1. The van der Waals surface area contributed by atoms with Crippen molar-refractivity contribution in [2.75, 3.05) is 6.54 Å². The van der Waals surface area contributed by atoms with Crippen molar-refractivity contribution in [3.05, 3.63) is 73.1 Å². The van der Waals surface area contributed by atoms with Gasteiger partial charge in [0.1, 0.15) is 40.8 Å². The van der Waals surface area contributed by atoms with Crippen molar-refractivity contribution >= 4 is 33.8 Å². The molecule has 3 N–H and O–H groups in total. The third-order valence-electron chi connectivity index (χ3n) is 13.6. The number of pyridine rings is 2. The molecule has 3 fully saturated rings. The molecule has 2 aliphatic carbocycles. The van der Waals surface area contributed by atoms with Gasteiger partial charge in [0.05, 0.1) is 28.8 Å². The van der Waals surface area contributed by atoms with Crippen molar-refractivity contribution in [1.82, 2.24) is 29.8 Å². The largest absolute Gasteiger partial charge is 0.491 e. The fourth-order valence-electron chi connectivity index (χ4n) is 9.15. The van der Waals surface area contributed by atoms with Gasteiger partial charge in [0.2, 0.25) is 21.8 Å². The summed E-state index contributed by atoms with van der Waals surface area (Å²) in [6.07, 6.45) is 0.203. The van der Waals surface area contributed by atoms with Gasteiger partial charge in [0.25, 0.3) is 5.91 Å². The average molecular weight is 953 g/mol. The van der Waals surface area contributed by atoms with E-state index in [4.69, 9.17) is 14.5 Å². The predicted octanol–water partition coefficient (Wildman–Crippen LogP) is 7.52. The number of hydrogen-bond donors (Lipinski definition) is 3. The molecule has 1 saturated heterocycles. The van der Waals surface area contributed by atoms with Crippen LogP contribution in [0.2, 0.25) is 0 Å². The van der Waals surface area contributed by atoms with Gasteiger partial charge in [0, 0.05) is 48.0 Å². The lowest BCUT2D eigenvalue weighted by atomic mass is 9.85. The zero-order valence-corrected chi connectivity index (χ0v) is 39.5. The van der Waals surface area contributed by atoms with E-state index in [9.17, 15) is 41.1 Å². The number of hydrogen-bond acceptors (Lipinski definition) is 10. The molecule has 4 aliphatic rings. The molecule has 3 aromatic rings. The van der Waals surface area contributed by atoms with Crippen LogP contribution in [0.3, 0.4) is 0 Å². The Kier molecular flexibility index (Phi) is 13.5. The molecule has 0 spiro atoms. The van der Waals surface area contributed by atoms with Crippen LogP contribution in [0.25, 0.3) is 22.5 Å². The number of carbonyl (C=O) groups is 4. The summed E-state index contributed by atoms with van der Waals surface area (Å²) in [5.41, 5.74) is -2.42. The molecule has 2 aliphatic heterocycles. The first-order valence-electron chi connectivity index (χ1n) is 22.7. The van der Waals surface area contributed by atoms with Crippen LogP contribution in [0.15, 0.2) is 73.1 Å². The Bertz CT molecular complexity index is 2500. The van der Waals surface area contributed by atoms with Crippen molar-refractivity contribution in [2.24, 2.45) is 17.8 Å². The third kappa shape index (κ3) is 10.3. The molecule has 7 rings (SSSR count). The highest BCUT2D eigenvalue weighted by Crippen LogP contribution is 2.48. The van der Waals surface area contributed by atoms with Crippen LogP contribution in [0.4, 0.5) is 18.0 Å². The Morgan fingerprint density at radius 2 is 1.61 bits per heavy atom. The molecular formula is C48H59F3N6O9S. The number of amides is 4. The maximum atomic E-state index is 15.2. The molecule has 362 valence electrons. The summed E-state index contributed by atoms with van der Waals surface area (Å²) in [6, 6.07) is 10.7. The number of nitrogens with zero attached hydrogens (tertiary/aromatic N) is 4. The van der Waals surface area contributed by atoms with Crippen molar-refractivity contribution in [3.63, 3.8) is 0 Å². The van der Waals surface area contributed by atoms with Crippen LogP contribution in [0.5, 0.6) is 11.5 Å². The minimum Gasteiger partial charge on any atom is -0.491 e. The first-order chi connectivity index (χ1) is 31.4. The van der Waals surface area contributed by atoms with E-state index in [1.54, 1.807) is 54.9 Å². The number of rotatable bonds is 11. The molecule has 4 heterocycles. The van der Waals surface area contributed by atoms with Gasteiger partial charge < -0.3 is 24.8 Å². The van der Waals surface area contributed by atoms with E-state index in [0.717, 1.165) is 4.90 Å². The second-order valence-electron chi connectivity index (χ2n) is 19.6. The second kappa shape index (κ2) is 18.4. The molecule has 2 aromatic heterocycles. The molecule has 1 aromatic carbocycles. The molecule has 0 radical (unpaired) electrons.